The number of aliphatic hydroxyl groups is 1. The van der Waals surface area contributed by atoms with Crippen molar-refractivity contribution in [3.8, 4) is 0 Å². The first-order chi connectivity index (χ1) is 7.12. The maximum absolute atomic E-state index is 12.0. The van der Waals surface area contributed by atoms with Crippen molar-refractivity contribution in [2.24, 2.45) is 5.41 Å². The first kappa shape index (κ1) is 13.8. The second-order valence-electron chi connectivity index (χ2n) is 5.86. The highest BCUT2D eigenvalue weighted by atomic mass is 19.4. The second-order valence-corrected chi connectivity index (χ2v) is 5.86. The van der Waals surface area contributed by atoms with Crippen LogP contribution < -0.4 is 0 Å². The van der Waals surface area contributed by atoms with E-state index in [2.05, 4.69) is 13.8 Å². The molecule has 0 amide bonds. The van der Waals surface area contributed by atoms with E-state index in [0.717, 1.165) is 12.8 Å². The van der Waals surface area contributed by atoms with Crippen LogP contribution in [0.15, 0.2) is 0 Å². The van der Waals surface area contributed by atoms with E-state index in [1.807, 2.05) is 0 Å². The molecule has 1 rings (SSSR count). The van der Waals surface area contributed by atoms with Crippen LogP contribution in [-0.2, 0) is 0 Å². The summed E-state index contributed by atoms with van der Waals surface area (Å²) in [7, 11) is 0. The van der Waals surface area contributed by atoms with Crippen molar-refractivity contribution >= 4 is 0 Å². The summed E-state index contributed by atoms with van der Waals surface area (Å²) >= 11 is 0. The van der Waals surface area contributed by atoms with Crippen molar-refractivity contribution in [1.82, 2.24) is 0 Å². The third kappa shape index (κ3) is 4.73. The molecule has 0 aromatic carbocycles. The molecule has 0 heterocycles. The fourth-order valence-corrected chi connectivity index (χ4v) is 2.26. The van der Waals surface area contributed by atoms with Gasteiger partial charge in [-0.05, 0) is 43.9 Å². The molecule has 0 saturated heterocycles. The fourth-order valence-electron chi connectivity index (χ4n) is 2.26. The molecule has 1 fully saturated rings. The molecule has 1 N–H and O–H groups in total. The monoisotopic (exact) mass is 238 g/mol. The van der Waals surface area contributed by atoms with Crippen LogP contribution in [0, 0.1) is 5.41 Å². The van der Waals surface area contributed by atoms with Gasteiger partial charge < -0.3 is 5.11 Å². The Bertz CT molecular complexity index is 223. The van der Waals surface area contributed by atoms with E-state index < -0.39 is 18.2 Å². The summed E-state index contributed by atoms with van der Waals surface area (Å²) in [5, 5.41) is 10.1. The third-order valence-corrected chi connectivity index (χ3v) is 3.64. The number of rotatable bonds is 3. The lowest BCUT2D eigenvalue weighted by atomic mass is 9.69. The lowest BCUT2D eigenvalue weighted by Crippen LogP contribution is -2.37. The predicted molar refractivity (Wildman–Crippen MR) is 57.1 cm³/mol. The van der Waals surface area contributed by atoms with Crippen LogP contribution in [0.2, 0.25) is 0 Å². The van der Waals surface area contributed by atoms with Gasteiger partial charge in [-0.25, -0.2) is 0 Å². The Morgan fingerprint density at radius 1 is 1.06 bits per heavy atom. The molecule has 0 atom stereocenters. The number of hydrogen-bond donors (Lipinski definition) is 1. The molecular formula is C12H21F3O. The van der Waals surface area contributed by atoms with Crippen LogP contribution in [0.4, 0.5) is 13.2 Å². The van der Waals surface area contributed by atoms with E-state index in [-0.39, 0.29) is 18.3 Å². The van der Waals surface area contributed by atoms with E-state index in [1.54, 1.807) is 0 Å². The topological polar surface area (TPSA) is 20.2 Å². The van der Waals surface area contributed by atoms with Crippen molar-refractivity contribution < 1.29 is 18.3 Å². The van der Waals surface area contributed by atoms with Crippen molar-refractivity contribution in [3.05, 3.63) is 0 Å². The van der Waals surface area contributed by atoms with Crippen LogP contribution in [0.1, 0.15) is 58.8 Å². The maximum atomic E-state index is 12.0. The zero-order chi connectivity index (χ0) is 12.4. The molecule has 0 bridgehead atoms. The van der Waals surface area contributed by atoms with Crippen molar-refractivity contribution in [2.75, 3.05) is 0 Å². The molecule has 1 nitrogen and oxygen atoms in total. The lowest BCUT2D eigenvalue weighted by Gasteiger charge is -2.40. The Morgan fingerprint density at radius 3 is 2.00 bits per heavy atom. The van der Waals surface area contributed by atoms with Gasteiger partial charge in [-0.3, -0.25) is 0 Å². The molecule has 1 aliphatic rings. The molecule has 0 spiro atoms. The quantitative estimate of drug-likeness (QED) is 0.786. The molecule has 0 unspecified atom stereocenters. The zero-order valence-corrected chi connectivity index (χ0v) is 10.0. The van der Waals surface area contributed by atoms with Crippen molar-refractivity contribution in [2.45, 2.75) is 70.6 Å². The normalized spacial score (nSPS) is 24.4. The SMILES string of the molecule is CC1(C)CCC(O)(CCCC(F)(F)F)CC1. The Hall–Kier alpha value is -0.250. The van der Waals surface area contributed by atoms with Crippen molar-refractivity contribution in [1.29, 1.82) is 0 Å². The molecule has 96 valence electrons. The van der Waals surface area contributed by atoms with Gasteiger partial charge in [0.1, 0.15) is 0 Å². The fraction of sp³-hybridized carbons (Fsp3) is 1.00. The van der Waals surface area contributed by atoms with Gasteiger partial charge in [-0.15, -0.1) is 0 Å². The van der Waals surface area contributed by atoms with E-state index in [9.17, 15) is 18.3 Å². The molecule has 4 heteroatoms. The maximum Gasteiger partial charge on any atom is 0.389 e. The minimum absolute atomic E-state index is 0.0421. The summed E-state index contributed by atoms with van der Waals surface area (Å²) in [6.45, 7) is 4.28. The number of alkyl halides is 3. The molecule has 1 saturated carbocycles. The van der Waals surface area contributed by atoms with Crippen LogP contribution >= 0.6 is 0 Å². The van der Waals surface area contributed by atoms with Gasteiger partial charge in [0.2, 0.25) is 0 Å². The Balaban J connectivity index is 2.32. The number of hydrogen-bond acceptors (Lipinski definition) is 1. The van der Waals surface area contributed by atoms with Gasteiger partial charge in [0.05, 0.1) is 5.60 Å². The highest BCUT2D eigenvalue weighted by Crippen LogP contribution is 2.42. The highest BCUT2D eigenvalue weighted by molar-refractivity contribution is 4.88. The summed E-state index contributed by atoms with van der Waals surface area (Å²) in [4.78, 5) is 0. The first-order valence-electron chi connectivity index (χ1n) is 5.91. The standard InChI is InChI=1S/C12H21F3O/c1-10(2)6-8-11(16,9-7-10)4-3-5-12(13,14)15/h16H,3-9H2,1-2H3. The van der Waals surface area contributed by atoms with Gasteiger partial charge in [0, 0.05) is 6.42 Å². The smallest absolute Gasteiger partial charge is 0.389 e. The largest absolute Gasteiger partial charge is 0.390 e. The Morgan fingerprint density at radius 2 is 1.56 bits per heavy atom. The van der Waals surface area contributed by atoms with Crippen LogP contribution in [0.25, 0.3) is 0 Å². The third-order valence-electron chi connectivity index (χ3n) is 3.64. The molecule has 0 radical (unpaired) electrons. The minimum Gasteiger partial charge on any atom is -0.390 e. The molecule has 0 aromatic rings. The summed E-state index contributed by atoms with van der Waals surface area (Å²) < 4.78 is 35.9. The number of halogens is 3. The molecule has 0 aliphatic heterocycles. The van der Waals surface area contributed by atoms with E-state index in [4.69, 9.17) is 0 Å². The average Bonchev–Trinajstić information content (AvgIpc) is 2.09. The second kappa shape index (κ2) is 4.55. The van der Waals surface area contributed by atoms with Crippen LogP contribution in [0.5, 0.6) is 0 Å². The lowest BCUT2D eigenvalue weighted by molar-refractivity contribution is -0.139. The van der Waals surface area contributed by atoms with Gasteiger partial charge in [0.25, 0.3) is 0 Å². The molecule has 16 heavy (non-hydrogen) atoms. The predicted octanol–water partition coefficient (Wildman–Crippen LogP) is 4.05. The zero-order valence-electron chi connectivity index (χ0n) is 10.0. The van der Waals surface area contributed by atoms with Gasteiger partial charge >= 0.3 is 6.18 Å². The van der Waals surface area contributed by atoms with Crippen LogP contribution in [-0.4, -0.2) is 16.9 Å². The summed E-state index contributed by atoms with van der Waals surface area (Å²) in [6.07, 6.45) is -1.48. The Kier molecular flexibility index (Phi) is 3.93. The summed E-state index contributed by atoms with van der Waals surface area (Å²) in [5.74, 6) is 0. The van der Waals surface area contributed by atoms with E-state index in [0.29, 0.717) is 12.8 Å². The highest BCUT2D eigenvalue weighted by Gasteiger charge is 2.37. The average molecular weight is 238 g/mol. The molecule has 1 aliphatic carbocycles. The van der Waals surface area contributed by atoms with E-state index >= 15 is 0 Å². The summed E-state index contributed by atoms with van der Waals surface area (Å²) in [5.41, 5.74) is -0.614. The molecule has 0 aromatic heterocycles. The van der Waals surface area contributed by atoms with Crippen molar-refractivity contribution in [3.63, 3.8) is 0 Å². The van der Waals surface area contributed by atoms with Gasteiger partial charge in [-0.1, -0.05) is 13.8 Å². The van der Waals surface area contributed by atoms with E-state index in [1.165, 1.54) is 0 Å². The molecular weight excluding hydrogens is 217 g/mol. The van der Waals surface area contributed by atoms with Gasteiger partial charge in [-0.2, -0.15) is 13.2 Å². The minimum atomic E-state index is -4.09. The summed E-state index contributed by atoms with van der Waals surface area (Å²) in [6, 6.07) is 0. The van der Waals surface area contributed by atoms with Crippen LogP contribution in [0.3, 0.4) is 0 Å². The van der Waals surface area contributed by atoms with Gasteiger partial charge in [0.15, 0.2) is 0 Å². The Labute approximate surface area is 95.0 Å². The first-order valence-corrected chi connectivity index (χ1v) is 5.91.